The Labute approximate surface area is 304 Å². The minimum atomic E-state index is -1.29. The summed E-state index contributed by atoms with van der Waals surface area (Å²) in [4.78, 5) is 61.1. The zero-order valence-corrected chi connectivity index (χ0v) is 29.1. The molecule has 2 atom stereocenters. The first kappa shape index (κ1) is 34.0. The number of nitrogens with two attached hydrogens (primary N) is 1. The van der Waals surface area contributed by atoms with Crippen LogP contribution >= 0.6 is 34.9 Å². The van der Waals surface area contributed by atoms with Crippen molar-refractivity contribution in [3.8, 4) is 0 Å². The van der Waals surface area contributed by atoms with Gasteiger partial charge in [-0.3, -0.25) is 24.5 Å². The van der Waals surface area contributed by atoms with Crippen molar-refractivity contribution >= 4 is 63.5 Å². The van der Waals surface area contributed by atoms with Crippen molar-refractivity contribution in [2.45, 2.75) is 22.8 Å². The predicted octanol–water partition coefficient (Wildman–Crippen LogP) is 4.86. The van der Waals surface area contributed by atoms with E-state index >= 15 is 0 Å². The molecule has 0 radical (unpaired) electrons. The predicted molar refractivity (Wildman–Crippen MR) is 196 cm³/mol. The Morgan fingerprint density at radius 2 is 1.63 bits per heavy atom. The molecule has 0 saturated carbocycles. The van der Waals surface area contributed by atoms with Gasteiger partial charge in [-0.15, -0.1) is 34.9 Å². The highest BCUT2D eigenvalue weighted by Gasteiger charge is 2.54. The molecule has 2 aliphatic heterocycles. The fourth-order valence-corrected chi connectivity index (χ4v) is 8.94. The third-order valence-electron chi connectivity index (χ3n) is 8.23. The Hall–Kier alpha value is -5.51. The number of nitrogens with one attached hydrogen (secondary N) is 1. The Balaban J connectivity index is 1.21. The van der Waals surface area contributed by atoms with Crippen molar-refractivity contribution in [2.75, 3.05) is 11.5 Å². The van der Waals surface area contributed by atoms with Gasteiger partial charge in [0.2, 0.25) is 5.60 Å². The molecule has 0 spiro atoms. The van der Waals surface area contributed by atoms with Gasteiger partial charge in [-0.05, 0) is 0 Å². The number of aliphatic carboxylic acids is 1. The third-order valence-corrected chi connectivity index (χ3v) is 11.5. The minimum Gasteiger partial charge on any atom is -0.477 e. The number of carboxylic acids is 1. The van der Waals surface area contributed by atoms with Gasteiger partial charge < -0.3 is 21.0 Å². The molecule has 5 aromatic rings. The SMILES string of the molecule is Nc1nc(/C(=N\OC(c2ccccc2)(c2ccccc2)c2ccccc2)C(=O)N[C@@H]2C(=O)N3C(C(=O)O)=C(SCc4cnccn4)CS[C@H]23)cs1. The summed E-state index contributed by atoms with van der Waals surface area (Å²) in [5, 5.41) is 18.6. The molecule has 256 valence electrons. The number of thioether (sulfide) groups is 2. The molecule has 1 saturated heterocycles. The number of rotatable bonds is 12. The number of anilines is 1. The molecular weight excluding hydrogens is 707 g/mol. The molecule has 0 aliphatic carbocycles. The largest absolute Gasteiger partial charge is 0.477 e. The van der Waals surface area contributed by atoms with Crippen LogP contribution in [0, 0.1) is 0 Å². The summed E-state index contributed by atoms with van der Waals surface area (Å²) in [5.41, 5.74) is 7.50. The first-order chi connectivity index (χ1) is 24.9. The molecule has 51 heavy (non-hydrogen) atoms. The van der Waals surface area contributed by atoms with Gasteiger partial charge in [-0.25, -0.2) is 9.78 Å². The quantitative estimate of drug-likeness (QED) is 0.0692. The third kappa shape index (κ3) is 6.70. The smallest absolute Gasteiger partial charge is 0.353 e. The van der Waals surface area contributed by atoms with E-state index < -0.39 is 34.8 Å². The van der Waals surface area contributed by atoms with Crippen LogP contribution in [0.3, 0.4) is 0 Å². The maximum atomic E-state index is 14.1. The number of hydrogen-bond acceptors (Lipinski definition) is 12. The molecule has 1 fully saturated rings. The van der Waals surface area contributed by atoms with E-state index in [0.717, 1.165) is 28.0 Å². The number of carbonyl (C=O) groups excluding carboxylic acids is 2. The molecule has 3 aromatic carbocycles. The zero-order valence-electron chi connectivity index (χ0n) is 26.7. The van der Waals surface area contributed by atoms with Crippen LogP contribution in [0.25, 0.3) is 0 Å². The molecule has 7 rings (SSSR count). The number of hydrogen-bond donors (Lipinski definition) is 3. The Bertz CT molecular complexity index is 2020. The van der Waals surface area contributed by atoms with Gasteiger partial charge in [0, 0.05) is 57.1 Å². The molecule has 2 aliphatic rings. The van der Waals surface area contributed by atoms with Crippen molar-refractivity contribution in [3.05, 3.63) is 154 Å². The number of carboxylic acid groups (broad SMARTS) is 1. The standard InChI is InChI=1S/C36H29N7O5S3/c37-35-40-26(20-51-35)28(42-48-36(22-10-4-1-5-11-22,23-12-6-2-7-13-23)24-14-8-3-9-15-24)31(44)41-29-32(45)43-30(34(46)47)27(21-50-33(29)43)49-19-25-18-38-16-17-39-25/h1-18,20,29,33H,19,21H2,(H2,37,40)(H,41,44)(H,46,47)/b42-28+/t29-,33-/m1/s1. The van der Waals surface area contributed by atoms with Gasteiger partial charge >= 0.3 is 5.97 Å². The van der Waals surface area contributed by atoms with Gasteiger partial charge in [0.25, 0.3) is 11.8 Å². The van der Waals surface area contributed by atoms with E-state index in [4.69, 9.17) is 10.6 Å². The van der Waals surface area contributed by atoms with Crippen molar-refractivity contribution in [1.29, 1.82) is 0 Å². The number of fused-ring (bicyclic) bond motifs is 1. The van der Waals surface area contributed by atoms with Crippen LogP contribution in [0.5, 0.6) is 0 Å². The molecule has 2 amide bonds. The second-order valence-electron chi connectivity index (χ2n) is 11.3. The summed E-state index contributed by atoms with van der Waals surface area (Å²) in [6, 6.07) is 27.6. The first-order valence-electron chi connectivity index (χ1n) is 15.6. The lowest BCUT2D eigenvalue weighted by molar-refractivity contribution is -0.150. The summed E-state index contributed by atoms with van der Waals surface area (Å²) < 4.78 is 0. The number of benzene rings is 3. The van der Waals surface area contributed by atoms with Gasteiger partial charge in [0.05, 0.1) is 5.69 Å². The van der Waals surface area contributed by atoms with Crippen molar-refractivity contribution in [1.82, 2.24) is 25.2 Å². The number of aromatic nitrogens is 3. The first-order valence-corrected chi connectivity index (χ1v) is 18.5. The second kappa shape index (κ2) is 14.8. The second-order valence-corrected chi connectivity index (χ2v) is 14.4. The zero-order chi connectivity index (χ0) is 35.4. The lowest BCUT2D eigenvalue weighted by atomic mass is 9.80. The minimum absolute atomic E-state index is 0.106. The Morgan fingerprint density at radius 3 is 2.16 bits per heavy atom. The molecule has 4 N–H and O–H groups in total. The number of nitrogens with zero attached hydrogens (tertiary/aromatic N) is 5. The molecule has 0 unspecified atom stereocenters. The summed E-state index contributed by atoms with van der Waals surface area (Å²) in [7, 11) is 0. The molecule has 12 nitrogen and oxygen atoms in total. The highest BCUT2D eigenvalue weighted by Crippen LogP contribution is 2.44. The fraction of sp³-hybridized carbons (Fsp3) is 0.139. The molecule has 0 bridgehead atoms. The Morgan fingerprint density at radius 1 is 1.00 bits per heavy atom. The number of carbonyl (C=O) groups is 3. The van der Waals surface area contributed by atoms with E-state index in [2.05, 4.69) is 25.4 Å². The van der Waals surface area contributed by atoms with E-state index in [1.54, 1.807) is 24.0 Å². The van der Waals surface area contributed by atoms with Gasteiger partial charge in [-0.2, -0.15) is 0 Å². The van der Waals surface area contributed by atoms with Crippen LogP contribution in [0.1, 0.15) is 28.1 Å². The van der Waals surface area contributed by atoms with E-state index in [-0.39, 0.29) is 22.2 Å². The average Bonchev–Trinajstić information content (AvgIpc) is 3.61. The van der Waals surface area contributed by atoms with E-state index in [0.29, 0.717) is 22.1 Å². The van der Waals surface area contributed by atoms with Crippen molar-refractivity contribution in [2.24, 2.45) is 5.16 Å². The van der Waals surface area contributed by atoms with Gasteiger partial charge in [0.1, 0.15) is 22.8 Å². The topological polar surface area (TPSA) is 173 Å². The summed E-state index contributed by atoms with van der Waals surface area (Å²) in [6.07, 6.45) is 4.73. The summed E-state index contributed by atoms with van der Waals surface area (Å²) in [6.45, 7) is 0. The maximum absolute atomic E-state index is 14.1. The van der Waals surface area contributed by atoms with Crippen LogP contribution in [0.15, 0.2) is 131 Å². The van der Waals surface area contributed by atoms with E-state index in [9.17, 15) is 19.5 Å². The number of thiazole rings is 1. The number of β-lactam (4-membered cyclic amide) rings is 1. The van der Waals surface area contributed by atoms with Crippen LogP contribution in [-0.4, -0.2) is 65.6 Å². The van der Waals surface area contributed by atoms with E-state index in [1.807, 2.05) is 91.0 Å². The average molecular weight is 736 g/mol. The van der Waals surface area contributed by atoms with Gasteiger partial charge in [-0.1, -0.05) is 96.2 Å². The molecule has 15 heteroatoms. The van der Waals surface area contributed by atoms with Crippen molar-refractivity contribution in [3.63, 3.8) is 0 Å². The van der Waals surface area contributed by atoms with Crippen LogP contribution in [0.2, 0.25) is 0 Å². The van der Waals surface area contributed by atoms with Gasteiger partial charge in [0.15, 0.2) is 10.8 Å². The lowest BCUT2D eigenvalue weighted by Gasteiger charge is -2.49. The monoisotopic (exact) mass is 735 g/mol. The summed E-state index contributed by atoms with van der Waals surface area (Å²) in [5.74, 6) is -1.80. The Kier molecular flexibility index (Phi) is 9.83. The number of oxime groups is 1. The highest BCUT2D eigenvalue weighted by atomic mass is 32.2. The molecule has 4 heterocycles. The maximum Gasteiger partial charge on any atom is 0.353 e. The lowest BCUT2D eigenvalue weighted by Crippen LogP contribution is -2.71. The fourth-order valence-electron chi connectivity index (χ4n) is 5.87. The number of amides is 2. The molecular formula is C36H29N7O5S3. The summed E-state index contributed by atoms with van der Waals surface area (Å²) >= 11 is 3.78. The van der Waals surface area contributed by atoms with Crippen LogP contribution in [-0.2, 0) is 30.6 Å². The van der Waals surface area contributed by atoms with Crippen LogP contribution < -0.4 is 11.1 Å². The highest BCUT2D eigenvalue weighted by molar-refractivity contribution is 8.05. The van der Waals surface area contributed by atoms with Crippen molar-refractivity contribution < 1.29 is 24.3 Å². The van der Waals surface area contributed by atoms with E-state index in [1.165, 1.54) is 28.4 Å². The molecule has 2 aromatic heterocycles. The number of nitrogen functional groups attached to an aromatic ring is 1. The van der Waals surface area contributed by atoms with Crippen LogP contribution in [0.4, 0.5) is 5.13 Å². The normalized spacial score (nSPS) is 17.4.